The molecule has 2 aromatic carbocycles. The molecule has 0 bridgehead atoms. The molecule has 1 aromatic heterocycles. The van der Waals surface area contributed by atoms with Gasteiger partial charge >= 0.3 is 0 Å². The summed E-state index contributed by atoms with van der Waals surface area (Å²) in [7, 11) is 0. The topological polar surface area (TPSA) is 88.6 Å². The van der Waals surface area contributed by atoms with Gasteiger partial charge in [0.1, 0.15) is 23.3 Å². The highest BCUT2D eigenvalue weighted by Gasteiger charge is 2.41. The Morgan fingerprint density at radius 3 is 2.42 bits per heavy atom. The highest BCUT2D eigenvalue weighted by atomic mass is 19.3. The van der Waals surface area contributed by atoms with E-state index < -0.39 is 35.6 Å². The van der Waals surface area contributed by atoms with Gasteiger partial charge in [0, 0.05) is 28.6 Å². The zero-order valence-corrected chi connectivity index (χ0v) is 16.0. The second-order valence-corrected chi connectivity index (χ2v) is 7.04. The van der Waals surface area contributed by atoms with Crippen LogP contribution in [0.1, 0.15) is 22.7 Å². The lowest BCUT2D eigenvalue weighted by Gasteiger charge is -2.29. The molecule has 0 saturated heterocycles. The Bertz CT molecular complexity index is 1320. The molecule has 9 heteroatoms. The number of nitrogens with one attached hydrogen (secondary N) is 1. The van der Waals surface area contributed by atoms with Crippen molar-refractivity contribution >= 4 is 22.3 Å². The van der Waals surface area contributed by atoms with Gasteiger partial charge in [0.15, 0.2) is 0 Å². The molecular weight excluding hydrogens is 410 g/mol. The molecule has 31 heavy (non-hydrogen) atoms. The summed E-state index contributed by atoms with van der Waals surface area (Å²) >= 11 is 0. The van der Waals surface area contributed by atoms with E-state index >= 15 is 4.39 Å². The standard InChI is InChI=1S/C22H13F4N5/c1-10-13-6-14(17(24)7-18(13)31-30-10)19-15(8-27)20(11-2-4-12(23)5-3-11)29-21(22(25)26)16(19)9-28/h2-7,16,19,22H,1H3,(H,30,31). The van der Waals surface area contributed by atoms with Gasteiger partial charge < -0.3 is 0 Å². The van der Waals surface area contributed by atoms with Crippen LogP contribution in [0.4, 0.5) is 17.6 Å². The second kappa shape index (κ2) is 7.69. The zero-order valence-electron chi connectivity index (χ0n) is 16.0. The largest absolute Gasteiger partial charge is 0.282 e. The second-order valence-electron chi connectivity index (χ2n) is 7.04. The normalized spacial score (nSPS) is 18.8. The molecule has 2 heterocycles. The van der Waals surface area contributed by atoms with Crippen LogP contribution in [0, 0.1) is 47.1 Å². The van der Waals surface area contributed by atoms with E-state index in [1.54, 1.807) is 13.0 Å². The van der Waals surface area contributed by atoms with Gasteiger partial charge in [-0.2, -0.15) is 15.6 Å². The van der Waals surface area contributed by atoms with E-state index in [1.807, 2.05) is 6.07 Å². The van der Waals surface area contributed by atoms with Crippen LogP contribution in [-0.4, -0.2) is 22.3 Å². The molecule has 154 valence electrons. The maximum absolute atomic E-state index is 15.1. The summed E-state index contributed by atoms with van der Waals surface area (Å²) < 4.78 is 56.1. The molecule has 0 amide bonds. The number of fused-ring (bicyclic) bond motifs is 1. The van der Waals surface area contributed by atoms with Crippen molar-refractivity contribution in [3.8, 4) is 12.1 Å². The van der Waals surface area contributed by atoms with Gasteiger partial charge in [-0.05, 0) is 42.8 Å². The Labute approximate surface area is 173 Å². The van der Waals surface area contributed by atoms with Crippen LogP contribution in [0.5, 0.6) is 0 Å². The van der Waals surface area contributed by atoms with Gasteiger partial charge in [-0.1, -0.05) is 0 Å². The molecule has 0 radical (unpaired) electrons. The molecule has 0 saturated carbocycles. The summed E-state index contributed by atoms with van der Waals surface area (Å²) in [6.45, 7) is 1.71. The van der Waals surface area contributed by atoms with Crippen LogP contribution in [0.15, 0.2) is 47.0 Å². The number of hydrogen-bond acceptors (Lipinski definition) is 4. The first-order valence-corrected chi connectivity index (χ1v) is 9.16. The number of aromatic nitrogens is 2. The third kappa shape index (κ3) is 3.34. The average Bonchev–Trinajstić information content (AvgIpc) is 3.11. The van der Waals surface area contributed by atoms with E-state index in [0.717, 1.165) is 18.2 Å². The summed E-state index contributed by atoms with van der Waals surface area (Å²) in [4.78, 5) is 3.90. The SMILES string of the molecule is Cc1[nH]nc2cc(F)c(C3C(C#N)=C(c4ccc(F)cc4)N=C(C(F)F)C3C#N)cc12. The van der Waals surface area contributed by atoms with E-state index in [2.05, 4.69) is 15.2 Å². The number of nitrogens with zero attached hydrogens (tertiary/aromatic N) is 4. The molecule has 5 nitrogen and oxygen atoms in total. The fraction of sp³-hybridized carbons (Fsp3) is 0.182. The first-order valence-electron chi connectivity index (χ1n) is 9.16. The number of nitriles is 2. The summed E-state index contributed by atoms with van der Waals surface area (Å²) in [5.41, 5.74) is -0.00300. The number of benzene rings is 2. The number of H-pyrrole nitrogens is 1. The Morgan fingerprint density at radius 1 is 1.10 bits per heavy atom. The molecule has 2 unspecified atom stereocenters. The number of aliphatic imine (C=N–C) groups is 1. The lowest BCUT2D eigenvalue weighted by molar-refractivity contribution is 0.219. The minimum absolute atomic E-state index is 0.0900. The van der Waals surface area contributed by atoms with Crippen molar-refractivity contribution in [2.45, 2.75) is 19.3 Å². The van der Waals surface area contributed by atoms with Gasteiger partial charge in [-0.15, -0.1) is 0 Å². The molecule has 1 N–H and O–H groups in total. The van der Waals surface area contributed by atoms with Crippen LogP contribution in [-0.2, 0) is 0 Å². The lowest BCUT2D eigenvalue weighted by Crippen LogP contribution is -2.31. The number of allylic oxidation sites excluding steroid dienone is 1. The number of halogens is 4. The number of alkyl halides is 2. The van der Waals surface area contributed by atoms with Gasteiger partial charge in [0.2, 0.25) is 0 Å². The van der Waals surface area contributed by atoms with Gasteiger partial charge in [0.05, 0.1) is 28.9 Å². The van der Waals surface area contributed by atoms with Crippen LogP contribution in [0.25, 0.3) is 16.6 Å². The van der Waals surface area contributed by atoms with Crippen molar-refractivity contribution in [3.63, 3.8) is 0 Å². The van der Waals surface area contributed by atoms with E-state index in [1.165, 1.54) is 18.2 Å². The lowest BCUT2D eigenvalue weighted by atomic mass is 9.75. The zero-order chi connectivity index (χ0) is 22.3. The van der Waals surface area contributed by atoms with Crippen molar-refractivity contribution in [2.24, 2.45) is 10.9 Å². The van der Waals surface area contributed by atoms with Crippen LogP contribution in [0.2, 0.25) is 0 Å². The van der Waals surface area contributed by atoms with Crippen molar-refractivity contribution in [1.82, 2.24) is 10.2 Å². The van der Waals surface area contributed by atoms with E-state index in [4.69, 9.17) is 0 Å². The molecule has 3 aromatic rings. The highest BCUT2D eigenvalue weighted by Crippen LogP contribution is 2.44. The monoisotopic (exact) mass is 423 g/mol. The molecular formula is C22H13F4N5. The van der Waals surface area contributed by atoms with Gasteiger partial charge in [-0.3, -0.25) is 5.10 Å². The maximum Gasteiger partial charge on any atom is 0.277 e. The van der Waals surface area contributed by atoms with E-state index in [0.29, 0.717) is 16.6 Å². The first-order chi connectivity index (χ1) is 14.8. The van der Waals surface area contributed by atoms with Crippen molar-refractivity contribution in [2.75, 3.05) is 0 Å². The number of aromatic amines is 1. The fourth-order valence-electron chi connectivity index (χ4n) is 3.77. The molecule has 0 fully saturated rings. The Balaban J connectivity index is 2.03. The molecule has 0 aliphatic carbocycles. The minimum atomic E-state index is -3.11. The smallest absolute Gasteiger partial charge is 0.277 e. The molecule has 0 spiro atoms. The van der Waals surface area contributed by atoms with E-state index in [-0.39, 0.29) is 22.4 Å². The number of aryl methyl sites for hydroxylation is 1. The summed E-state index contributed by atoms with van der Waals surface area (Å²) in [5, 5.41) is 26.8. The fourth-order valence-corrected chi connectivity index (χ4v) is 3.77. The van der Waals surface area contributed by atoms with Gasteiger partial charge in [-0.25, -0.2) is 22.6 Å². The Morgan fingerprint density at radius 2 is 1.81 bits per heavy atom. The van der Waals surface area contributed by atoms with Crippen molar-refractivity contribution in [1.29, 1.82) is 10.5 Å². The molecule has 4 rings (SSSR count). The molecule has 2 atom stereocenters. The van der Waals surface area contributed by atoms with Crippen molar-refractivity contribution in [3.05, 3.63) is 70.4 Å². The molecule has 1 aliphatic heterocycles. The third-order valence-corrected chi connectivity index (χ3v) is 5.26. The van der Waals surface area contributed by atoms with Crippen LogP contribution in [0.3, 0.4) is 0 Å². The summed E-state index contributed by atoms with van der Waals surface area (Å²) in [5.74, 6) is -4.23. The quantitative estimate of drug-likeness (QED) is 0.600. The van der Waals surface area contributed by atoms with Crippen LogP contribution >= 0.6 is 0 Å². The Hall–Kier alpha value is -3.98. The molecule has 1 aliphatic rings. The maximum atomic E-state index is 15.1. The Kier molecular flexibility index (Phi) is 5.04. The highest BCUT2D eigenvalue weighted by molar-refractivity contribution is 6.00. The number of hydrogen-bond donors (Lipinski definition) is 1. The minimum Gasteiger partial charge on any atom is -0.282 e. The summed E-state index contributed by atoms with van der Waals surface area (Å²) in [6, 6.07) is 11.0. The summed E-state index contributed by atoms with van der Waals surface area (Å²) in [6.07, 6.45) is -3.11. The van der Waals surface area contributed by atoms with E-state index in [9.17, 15) is 23.7 Å². The average molecular weight is 423 g/mol. The van der Waals surface area contributed by atoms with Crippen LogP contribution < -0.4 is 0 Å². The van der Waals surface area contributed by atoms with Crippen molar-refractivity contribution < 1.29 is 17.6 Å². The third-order valence-electron chi connectivity index (χ3n) is 5.26. The number of rotatable bonds is 3. The first kappa shape index (κ1) is 20.3. The predicted molar refractivity (Wildman–Crippen MR) is 105 cm³/mol. The predicted octanol–water partition coefficient (Wildman–Crippen LogP) is 5.03. The van der Waals surface area contributed by atoms with Gasteiger partial charge in [0.25, 0.3) is 6.43 Å².